The first-order chi connectivity index (χ1) is 10.1. The molecule has 0 aliphatic heterocycles. The van der Waals surface area contributed by atoms with Crippen molar-refractivity contribution in [1.29, 1.82) is 0 Å². The Balaban J connectivity index is 2.10. The molecule has 2 aromatic carbocycles. The maximum absolute atomic E-state index is 12.5. The third kappa shape index (κ3) is 4.17. The molecule has 2 aromatic rings. The highest BCUT2D eigenvalue weighted by Crippen LogP contribution is 2.22. The van der Waals surface area contributed by atoms with Crippen molar-refractivity contribution in [3.05, 3.63) is 75.4 Å². The van der Waals surface area contributed by atoms with Crippen molar-refractivity contribution < 1.29 is 4.79 Å². The number of para-hydroxylation sites is 1. The van der Waals surface area contributed by atoms with Crippen molar-refractivity contribution in [1.82, 2.24) is 0 Å². The smallest absolute Gasteiger partial charge is 0.253 e. The summed E-state index contributed by atoms with van der Waals surface area (Å²) in [5.41, 5.74) is 2.91. The predicted octanol–water partition coefficient (Wildman–Crippen LogP) is 4.44. The van der Waals surface area contributed by atoms with Crippen LogP contribution in [0.5, 0.6) is 0 Å². The van der Waals surface area contributed by atoms with Gasteiger partial charge < -0.3 is 4.90 Å². The lowest BCUT2D eigenvalue weighted by molar-refractivity contribution is -0.114. The van der Waals surface area contributed by atoms with Crippen LogP contribution >= 0.6 is 22.6 Å². The number of hydrogen-bond donors (Lipinski definition) is 0. The van der Waals surface area contributed by atoms with Crippen LogP contribution in [0, 0.1) is 3.57 Å². The first kappa shape index (κ1) is 15.8. The Labute approximate surface area is 139 Å². The van der Waals surface area contributed by atoms with Crippen molar-refractivity contribution in [2.45, 2.75) is 13.3 Å². The Bertz CT molecular complexity index is 649. The minimum atomic E-state index is 0.0371. The van der Waals surface area contributed by atoms with E-state index < -0.39 is 0 Å². The first-order valence-corrected chi connectivity index (χ1v) is 7.90. The minimum absolute atomic E-state index is 0.0371. The van der Waals surface area contributed by atoms with Gasteiger partial charge >= 0.3 is 0 Å². The molecule has 0 atom stereocenters. The van der Waals surface area contributed by atoms with Crippen molar-refractivity contribution in [2.24, 2.45) is 0 Å². The molecule has 2 nitrogen and oxygen atoms in total. The average molecular weight is 391 g/mol. The van der Waals surface area contributed by atoms with Gasteiger partial charge in [-0.05, 0) is 53.6 Å². The summed E-state index contributed by atoms with van der Waals surface area (Å²) in [4.78, 5) is 14.2. The molecule has 0 bridgehead atoms. The zero-order valence-corrected chi connectivity index (χ0v) is 14.4. The van der Waals surface area contributed by atoms with Gasteiger partial charge in [0.1, 0.15) is 0 Å². The topological polar surface area (TPSA) is 20.3 Å². The molecule has 21 heavy (non-hydrogen) atoms. The lowest BCUT2D eigenvalue weighted by atomic mass is 10.1. The number of carbonyl (C=O) groups is 1. The highest BCUT2D eigenvalue weighted by Gasteiger charge is 2.14. The maximum atomic E-state index is 12.5. The molecule has 0 spiro atoms. The van der Waals surface area contributed by atoms with E-state index in [-0.39, 0.29) is 5.91 Å². The van der Waals surface area contributed by atoms with Gasteiger partial charge in [-0.3, -0.25) is 4.79 Å². The second-order valence-corrected chi connectivity index (χ2v) is 6.05. The molecule has 0 aromatic heterocycles. The fraction of sp³-hybridized carbons (Fsp3) is 0.167. The molecule has 0 unspecified atom stereocenters. The van der Waals surface area contributed by atoms with Crippen LogP contribution in [-0.4, -0.2) is 13.0 Å². The standard InChI is InChI=1S/C18H18INO/c1-14(12-13-15-8-4-3-5-9-15)18(21)20(2)17-11-7-6-10-16(17)19/h3-12H,13H2,1-2H3/b14-12+. The van der Waals surface area contributed by atoms with E-state index in [1.165, 1.54) is 5.56 Å². The van der Waals surface area contributed by atoms with Gasteiger partial charge in [-0.1, -0.05) is 48.5 Å². The van der Waals surface area contributed by atoms with Crippen molar-refractivity contribution in [2.75, 3.05) is 11.9 Å². The Morgan fingerprint density at radius 3 is 2.38 bits per heavy atom. The number of hydrogen-bond acceptors (Lipinski definition) is 1. The van der Waals surface area contributed by atoms with Crippen LogP contribution in [-0.2, 0) is 11.2 Å². The van der Waals surface area contributed by atoms with Gasteiger partial charge in [0.15, 0.2) is 0 Å². The lowest BCUT2D eigenvalue weighted by Crippen LogP contribution is -2.27. The van der Waals surface area contributed by atoms with E-state index in [0.717, 1.165) is 21.3 Å². The predicted molar refractivity (Wildman–Crippen MR) is 96.5 cm³/mol. The Morgan fingerprint density at radius 2 is 1.71 bits per heavy atom. The molecular formula is C18H18INO. The van der Waals surface area contributed by atoms with Crippen molar-refractivity contribution >= 4 is 34.2 Å². The summed E-state index contributed by atoms with van der Waals surface area (Å²) >= 11 is 2.25. The number of amides is 1. The van der Waals surface area contributed by atoms with Crippen LogP contribution in [0.25, 0.3) is 0 Å². The highest BCUT2D eigenvalue weighted by molar-refractivity contribution is 14.1. The largest absolute Gasteiger partial charge is 0.311 e. The summed E-state index contributed by atoms with van der Waals surface area (Å²) in [6.45, 7) is 1.87. The quantitative estimate of drug-likeness (QED) is 0.558. The third-order valence-electron chi connectivity index (χ3n) is 3.34. The zero-order valence-electron chi connectivity index (χ0n) is 12.2. The second-order valence-electron chi connectivity index (χ2n) is 4.89. The van der Waals surface area contributed by atoms with Crippen LogP contribution in [0.1, 0.15) is 12.5 Å². The number of carbonyl (C=O) groups excluding carboxylic acids is 1. The molecule has 0 N–H and O–H groups in total. The van der Waals surface area contributed by atoms with Crippen LogP contribution in [0.2, 0.25) is 0 Å². The van der Waals surface area contributed by atoms with E-state index in [1.54, 1.807) is 4.90 Å². The SMILES string of the molecule is C/C(=C\Cc1ccccc1)C(=O)N(C)c1ccccc1I. The van der Waals surface area contributed by atoms with E-state index in [1.807, 2.05) is 62.5 Å². The molecular weight excluding hydrogens is 373 g/mol. The minimum Gasteiger partial charge on any atom is -0.311 e. The number of allylic oxidation sites excluding steroid dienone is 1. The van der Waals surface area contributed by atoms with Gasteiger partial charge in [0.2, 0.25) is 0 Å². The molecule has 0 radical (unpaired) electrons. The Kier molecular flexibility index (Phi) is 5.56. The van der Waals surface area contributed by atoms with E-state index in [2.05, 4.69) is 34.7 Å². The summed E-state index contributed by atoms with van der Waals surface area (Å²) in [5.74, 6) is 0.0371. The van der Waals surface area contributed by atoms with Crippen LogP contribution in [0.15, 0.2) is 66.2 Å². The van der Waals surface area contributed by atoms with E-state index >= 15 is 0 Å². The van der Waals surface area contributed by atoms with E-state index in [4.69, 9.17) is 0 Å². The van der Waals surface area contributed by atoms with E-state index in [0.29, 0.717) is 0 Å². The molecule has 1 amide bonds. The zero-order chi connectivity index (χ0) is 15.2. The van der Waals surface area contributed by atoms with Crippen LogP contribution < -0.4 is 4.90 Å². The summed E-state index contributed by atoms with van der Waals surface area (Å²) < 4.78 is 1.07. The maximum Gasteiger partial charge on any atom is 0.253 e. The molecule has 3 heteroatoms. The molecule has 108 valence electrons. The Hall–Kier alpha value is -1.62. The third-order valence-corrected chi connectivity index (χ3v) is 4.25. The second kappa shape index (κ2) is 7.41. The van der Waals surface area contributed by atoms with Gasteiger partial charge in [-0.25, -0.2) is 0 Å². The van der Waals surface area contributed by atoms with E-state index in [9.17, 15) is 4.79 Å². The van der Waals surface area contributed by atoms with Gasteiger partial charge in [-0.15, -0.1) is 0 Å². The number of nitrogens with zero attached hydrogens (tertiary/aromatic N) is 1. The van der Waals surface area contributed by atoms with Gasteiger partial charge in [-0.2, -0.15) is 0 Å². The number of anilines is 1. The summed E-state index contributed by atoms with van der Waals surface area (Å²) in [6, 6.07) is 18.0. The number of benzene rings is 2. The number of likely N-dealkylation sites (N-methyl/N-ethyl adjacent to an activating group) is 1. The number of halogens is 1. The fourth-order valence-electron chi connectivity index (χ4n) is 2.07. The van der Waals surface area contributed by atoms with Gasteiger partial charge in [0.25, 0.3) is 5.91 Å². The van der Waals surface area contributed by atoms with Gasteiger partial charge in [0, 0.05) is 16.2 Å². The lowest BCUT2D eigenvalue weighted by Gasteiger charge is -2.19. The van der Waals surface area contributed by atoms with Crippen LogP contribution in [0.3, 0.4) is 0 Å². The highest BCUT2D eigenvalue weighted by atomic mass is 127. The summed E-state index contributed by atoms with van der Waals surface area (Å²) in [6.07, 6.45) is 2.77. The first-order valence-electron chi connectivity index (χ1n) is 6.83. The molecule has 0 saturated carbocycles. The molecule has 0 heterocycles. The Morgan fingerprint density at radius 1 is 1.10 bits per heavy atom. The van der Waals surface area contributed by atoms with Crippen molar-refractivity contribution in [3.63, 3.8) is 0 Å². The monoisotopic (exact) mass is 391 g/mol. The molecule has 0 fully saturated rings. The van der Waals surface area contributed by atoms with Crippen molar-refractivity contribution in [3.8, 4) is 0 Å². The molecule has 2 rings (SSSR count). The van der Waals surface area contributed by atoms with Crippen LogP contribution in [0.4, 0.5) is 5.69 Å². The molecule has 0 saturated heterocycles. The fourth-order valence-corrected chi connectivity index (χ4v) is 2.82. The summed E-state index contributed by atoms with van der Waals surface area (Å²) in [5, 5.41) is 0. The molecule has 0 aliphatic rings. The van der Waals surface area contributed by atoms with Gasteiger partial charge in [0.05, 0.1) is 5.69 Å². The normalized spacial score (nSPS) is 11.3. The summed E-state index contributed by atoms with van der Waals surface area (Å²) in [7, 11) is 1.82. The molecule has 0 aliphatic carbocycles. The number of rotatable bonds is 4. The average Bonchev–Trinajstić information content (AvgIpc) is 2.52.